The van der Waals surface area contributed by atoms with Crippen LogP contribution in [0, 0.1) is 6.92 Å². The molecule has 0 radical (unpaired) electrons. The third-order valence-electron chi connectivity index (χ3n) is 4.63. The van der Waals surface area contributed by atoms with Crippen LogP contribution < -0.4 is 0 Å². The van der Waals surface area contributed by atoms with Crippen LogP contribution in [0.3, 0.4) is 0 Å². The molecule has 0 saturated heterocycles. The smallest absolute Gasteiger partial charge is 0.414 e. The molecule has 1 atom stereocenters. The summed E-state index contributed by atoms with van der Waals surface area (Å²) < 4.78 is 46.2. The number of rotatable bonds is 8. The van der Waals surface area contributed by atoms with Crippen molar-refractivity contribution in [3.8, 4) is 0 Å². The SMILES string of the molecule is Cc1ccc([S@](=O)/C=C(\C(F)F)N(Cc2ccccc2)C(=O)OCc2ccccc2)cc1. The van der Waals surface area contributed by atoms with Crippen LogP contribution in [-0.2, 0) is 28.7 Å². The topological polar surface area (TPSA) is 46.6 Å². The highest BCUT2D eigenvalue weighted by Crippen LogP contribution is 2.22. The third-order valence-corrected chi connectivity index (χ3v) is 5.82. The van der Waals surface area contributed by atoms with E-state index in [2.05, 4.69) is 0 Å². The highest BCUT2D eigenvalue weighted by Gasteiger charge is 2.27. The monoisotopic (exact) mass is 455 g/mol. The second-order valence-corrected chi connectivity index (χ2v) is 8.37. The number of amides is 1. The van der Waals surface area contributed by atoms with Gasteiger partial charge >= 0.3 is 6.09 Å². The molecule has 166 valence electrons. The molecule has 1 amide bonds. The molecular weight excluding hydrogens is 432 g/mol. The van der Waals surface area contributed by atoms with E-state index in [1.54, 1.807) is 78.9 Å². The zero-order chi connectivity index (χ0) is 22.9. The minimum Gasteiger partial charge on any atom is -0.444 e. The van der Waals surface area contributed by atoms with Crippen molar-refractivity contribution in [2.75, 3.05) is 0 Å². The number of nitrogens with zero attached hydrogens (tertiary/aromatic N) is 1. The van der Waals surface area contributed by atoms with Gasteiger partial charge in [0, 0.05) is 10.3 Å². The quantitative estimate of drug-likeness (QED) is 0.416. The minimum absolute atomic E-state index is 0.0669. The van der Waals surface area contributed by atoms with E-state index in [4.69, 9.17) is 4.74 Å². The van der Waals surface area contributed by atoms with Crippen molar-refractivity contribution in [2.24, 2.45) is 0 Å². The number of carbonyl (C=O) groups is 1. The van der Waals surface area contributed by atoms with Gasteiger partial charge in [0.05, 0.1) is 23.0 Å². The van der Waals surface area contributed by atoms with Gasteiger partial charge in [-0.3, -0.25) is 4.90 Å². The number of ether oxygens (including phenoxy) is 1. The van der Waals surface area contributed by atoms with Gasteiger partial charge in [-0.25, -0.2) is 17.8 Å². The first-order valence-corrected chi connectivity index (χ1v) is 11.1. The lowest BCUT2D eigenvalue weighted by Gasteiger charge is -2.24. The highest BCUT2D eigenvalue weighted by atomic mass is 32.2. The van der Waals surface area contributed by atoms with Gasteiger partial charge in [0.2, 0.25) is 0 Å². The van der Waals surface area contributed by atoms with Gasteiger partial charge in [0.15, 0.2) is 0 Å². The van der Waals surface area contributed by atoms with E-state index in [1.807, 2.05) is 13.0 Å². The summed E-state index contributed by atoms with van der Waals surface area (Å²) in [5.41, 5.74) is 1.66. The summed E-state index contributed by atoms with van der Waals surface area (Å²) in [7, 11) is -1.87. The Hall–Kier alpha value is -3.32. The Bertz CT molecular complexity index is 1070. The molecule has 0 saturated carbocycles. The molecule has 0 aliphatic rings. The summed E-state index contributed by atoms with van der Waals surface area (Å²) in [5.74, 6) is 0. The largest absolute Gasteiger partial charge is 0.444 e. The van der Waals surface area contributed by atoms with Crippen molar-refractivity contribution in [1.29, 1.82) is 0 Å². The molecule has 0 aliphatic heterocycles. The zero-order valence-electron chi connectivity index (χ0n) is 17.5. The summed E-state index contributed by atoms with van der Waals surface area (Å²) in [6.07, 6.45) is -3.97. The van der Waals surface area contributed by atoms with E-state index in [-0.39, 0.29) is 13.2 Å². The summed E-state index contributed by atoms with van der Waals surface area (Å²) in [4.78, 5) is 14.1. The molecule has 7 heteroatoms. The zero-order valence-corrected chi connectivity index (χ0v) is 18.3. The summed E-state index contributed by atoms with van der Waals surface area (Å²) >= 11 is 0. The van der Waals surface area contributed by atoms with E-state index in [1.165, 1.54) is 0 Å². The van der Waals surface area contributed by atoms with Crippen LogP contribution in [0.15, 0.2) is 101 Å². The number of halogens is 2. The van der Waals surface area contributed by atoms with E-state index < -0.39 is 29.0 Å². The lowest BCUT2D eigenvalue weighted by molar-refractivity contribution is 0.0833. The second-order valence-electron chi connectivity index (χ2n) is 7.07. The van der Waals surface area contributed by atoms with Crippen molar-refractivity contribution >= 4 is 16.9 Å². The Morgan fingerprint density at radius 2 is 1.50 bits per heavy atom. The van der Waals surface area contributed by atoms with Gasteiger partial charge in [-0.05, 0) is 30.2 Å². The molecule has 0 aliphatic carbocycles. The normalized spacial score (nSPS) is 12.4. The molecule has 4 nitrogen and oxygen atoms in total. The molecule has 0 bridgehead atoms. The van der Waals surface area contributed by atoms with Crippen LogP contribution in [0.1, 0.15) is 16.7 Å². The lowest BCUT2D eigenvalue weighted by atomic mass is 10.2. The Balaban J connectivity index is 1.89. The Morgan fingerprint density at radius 1 is 0.938 bits per heavy atom. The lowest BCUT2D eigenvalue weighted by Crippen LogP contribution is -2.33. The first kappa shape index (κ1) is 23.3. The number of hydrogen-bond acceptors (Lipinski definition) is 3. The van der Waals surface area contributed by atoms with Crippen LogP contribution >= 0.6 is 0 Å². The summed E-state index contributed by atoms with van der Waals surface area (Å²) in [6, 6.07) is 24.4. The maximum atomic E-state index is 14.1. The van der Waals surface area contributed by atoms with Gasteiger partial charge in [-0.1, -0.05) is 78.4 Å². The molecule has 32 heavy (non-hydrogen) atoms. The van der Waals surface area contributed by atoms with Crippen molar-refractivity contribution in [3.63, 3.8) is 0 Å². The first-order chi connectivity index (χ1) is 15.4. The Kier molecular flexibility index (Phi) is 8.27. The standard InChI is InChI=1S/C25H23F2NO3S/c1-19-12-14-22(15-13-19)32(30)18-23(24(26)27)28(16-20-8-4-2-5-9-20)25(29)31-17-21-10-6-3-7-11-21/h2-15,18,24H,16-17H2,1H3/b23-18+/t32-/m1/s1. The predicted octanol–water partition coefficient (Wildman–Crippen LogP) is 6.05. The van der Waals surface area contributed by atoms with Crippen molar-refractivity contribution in [2.45, 2.75) is 31.4 Å². The summed E-state index contributed by atoms with van der Waals surface area (Å²) in [5, 5.41) is 0.919. The molecule has 0 fully saturated rings. The molecule has 0 heterocycles. The Labute approximate surface area is 188 Å². The fraction of sp³-hybridized carbons (Fsp3) is 0.160. The summed E-state index contributed by atoms with van der Waals surface area (Å²) in [6.45, 7) is 1.66. The number of carbonyl (C=O) groups excluding carboxylic acids is 1. The van der Waals surface area contributed by atoms with E-state index in [9.17, 15) is 17.8 Å². The fourth-order valence-electron chi connectivity index (χ4n) is 2.91. The van der Waals surface area contributed by atoms with Crippen LogP contribution in [-0.4, -0.2) is 21.6 Å². The number of hydrogen-bond donors (Lipinski definition) is 0. The molecule has 0 aromatic heterocycles. The minimum atomic E-state index is -3.03. The molecule has 0 unspecified atom stereocenters. The number of alkyl halides is 2. The van der Waals surface area contributed by atoms with Crippen molar-refractivity contribution in [1.82, 2.24) is 4.90 Å². The third kappa shape index (κ3) is 6.59. The van der Waals surface area contributed by atoms with Crippen LogP contribution in [0.5, 0.6) is 0 Å². The van der Waals surface area contributed by atoms with Gasteiger partial charge < -0.3 is 4.74 Å². The molecule has 3 aromatic carbocycles. The van der Waals surface area contributed by atoms with E-state index in [0.29, 0.717) is 10.5 Å². The number of benzene rings is 3. The molecule has 0 N–H and O–H groups in total. The average Bonchev–Trinajstić information content (AvgIpc) is 2.81. The first-order valence-electron chi connectivity index (χ1n) is 9.93. The van der Waals surface area contributed by atoms with Crippen LogP contribution in [0.4, 0.5) is 13.6 Å². The van der Waals surface area contributed by atoms with Gasteiger partial charge in [-0.15, -0.1) is 0 Å². The van der Waals surface area contributed by atoms with Crippen molar-refractivity contribution < 1.29 is 22.5 Å². The van der Waals surface area contributed by atoms with Crippen molar-refractivity contribution in [3.05, 3.63) is 113 Å². The maximum Gasteiger partial charge on any atom is 0.414 e. The Morgan fingerprint density at radius 3 is 2.06 bits per heavy atom. The predicted molar refractivity (Wildman–Crippen MR) is 120 cm³/mol. The maximum absolute atomic E-state index is 14.1. The average molecular weight is 456 g/mol. The fourth-order valence-corrected chi connectivity index (χ4v) is 3.90. The van der Waals surface area contributed by atoms with E-state index >= 15 is 0 Å². The van der Waals surface area contributed by atoms with Gasteiger partial charge in [-0.2, -0.15) is 0 Å². The number of aryl methyl sites for hydroxylation is 1. The molecule has 0 spiro atoms. The number of allylic oxidation sites excluding steroid dienone is 1. The van der Waals surface area contributed by atoms with E-state index in [0.717, 1.165) is 21.4 Å². The molecular formula is C25H23F2NO3S. The molecule has 3 aromatic rings. The van der Waals surface area contributed by atoms with Gasteiger partial charge in [0.25, 0.3) is 6.43 Å². The van der Waals surface area contributed by atoms with Crippen LogP contribution in [0.2, 0.25) is 0 Å². The molecule has 3 rings (SSSR count). The van der Waals surface area contributed by atoms with Crippen LogP contribution in [0.25, 0.3) is 0 Å². The highest BCUT2D eigenvalue weighted by molar-refractivity contribution is 7.88. The van der Waals surface area contributed by atoms with Gasteiger partial charge in [0.1, 0.15) is 6.61 Å². The second kappa shape index (κ2) is 11.3.